The van der Waals surface area contributed by atoms with Gasteiger partial charge in [0.1, 0.15) is 18.2 Å². The van der Waals surface area contributed by atoms with Crippen molar-refractivity contribution in [2.75, 3.05) is 0 Å². The third-order valence-electron chi connectivity index (χ3n) is 3.06. The van der Waals surface area contributed by atoms with Crippen molar-refractivity contribution in [3.8, 4) is 5.75 Å². The van der Waals surface area contributed by atoms with Gasteiger partial charge in [0, 0.05) is 15.6 Å². The molecule has 2 aromatic rings. The number of para-hydroxylation sites is 1. The van der Waals surface area contributed by atoms with Crippen molar-refractivity contribution >= 4 is 15.9 Å². The maximum atomic E-state index is 13.6. The van der Waals surface area contributed by atoms with Gasteiger partial charge in [-0.2, -0.15) is 0 Å². The molecule has 0 aliphatic rings. The van der Waals surface area contributed by atoms with E-state index in [1.807, 2.05) is 25.1 Å². The van der Waals surface area contributed by atoms with Crippen LogP contribution in [-0.2, 0) is 6.61 Å². The van der Waals surface area contributed by atoms with Gasteiger partial charge in [-0.1, -0.05) is 41.1 Å². The summed E-state index contributed by atoms with van der Waals surface area (Å²) < 4.78 is 20.1. The van der Waals surface area contributed by atoms with Crippen LogP contribution in [0.2, 0.25) is 0 Å². The molecule has 0 fully saturated rings. The molecule has 1 N–H and O–H groups in total. The van der Waals surface area contributed by atoms with Crippen molar-refractivity contribution in [1.29, 1.82) is 0 Å². The lowest BCUT2D eigenvalue weighted by atomic mass is 10.1. The summed E-state index contributed by atoms with van der Waals surface area (Å²) in [4.78, 5) is 0. The number of hydrogen-bond acceptors (Lipinski definition) is 2. The first kappa shape index (κ1) is 15.0. The molecule has 0 radical (unpaired) electrons. The lowest BCUT2D eigenvalue weighted by molar-refractivity contribution is 0.166. The molecule has 2 nitrogen and oxygen atoms in total. The largest absolute Gasteiger partial charge is 0.488 e. The average molecular weight is 339 g/mol. The highest BCUT2D eigenvalue weighted by Crippen LogP contribution is 2.28. The molecular weight excluding hydrogens is 323 g/mol. The second kappa shape index (κ2) is 6.86. The van der Waals surface area contributed by atoms with Crippen molar-refractivity contribution < 1.29 is 14.2 Å². The Bertz CT molecular complexity index is 586. The smallest absolute Gasteiger partial charge is 0.129 e. The van der Waals surface area contributed by atoms with Gasteiger partial charge < -0.3 is 9.84 Å². The normalized spacial score (nSPS) is 12.2. The standard InChI is InChI=1S/C16H16BrFO2/c1-2-15(19)13-5-3-4-6-16(13)20-10-11-9-12(17)7-8-14(11)18/h3-9,15,19H,2,10H2,1H3/t15-/m1/s1. The van der Waals surface area contributed by atoms with Crippen LogP contribution in [0.4, 0.5) is 4.39 Å². The second-order valence-corrected chi connectivity index (χ2v) is 5.40. The fraction of sp³-hybridized carbons (Fsp3) is 0.250. The minimum Gasteiger partial charge on any atom is -0.488 e. The molecule has 0 aliphatic carbocycles. The molecule has 0 spiro atoms. The van der Waals surface area contributed by atoms with E-state index in [1.165, 1.54) is 6.07 Å². The van der Waals surface area contributed by atoms with E-state index in [-0.39, 0.29) is 12.4 Å². The number of aliphatic hydroxyl groups is 1. The molecule has 0 amide bonds. The zero-order valence-electron chi connectivity index (χ0n) is 11.1. The van der Waals surface area contributed by atoms with Gasteiger partial charge in [0.15, 0.2) is 0 Å². The average Bonchev–Trinajstić information content (AvgIpc) is 2.47. The first-order valence-corrected chi connectivity index (χ1v) is 7.24. The van der Waals surface area contributed by atoms with Gasteiger partial charge in [-0.05, 0) is 30.7 Å². The highest BCUT2D eigenvalue weighted by molar-refractivity contribution is 9.10. The number of rotatable bonds is 5. The highest BCUT2D eigenvalue weighted by atomic mass is 79.9. The Morgan fingerprint density at radius 1 is 1.25 bits per heavy atom. The van der Waals surface area contributed by atoms with E-state index in [4.69, 9.17) is 4.74 Å². The first-order valence-electron chi connectivity index (χ1n) is 6.45. The molecule has 2 rings (SSSR count). The van der Waals surface area contributed by atoms with Crippen LogP contribution in [-0.4, -0.2) is 5.11 Å². The minimum atomic E-state index is -0.571. The van der Waals surface area contributed by atoms with Gasteiger partial charge in [-0.15, -0.1) is 0 Å². The fourth-order valence-electron chi connectivity index (χ4n) is 1.92. The zero-order chi connectivity index (χ0) is 14.5. The molecule has 0 heterocycles. The summed E-state index contributed by atoms with van der Waals surface area (Å²) in [7, 11) is 0. The van der Waals surface area contributed by atoms with Crippen LogP contribution in [0.1, 0.15) is 30.6 Å². The van der Waals surface area contributed by atoms with Gasteiger partial charge in [-0.3, -0.25) is 0 Å². The molecule has 0 saturated carbocycles. The zero-order valence-corrected chi connectivity index (χ0v) is 12.7. The van der Waals surface area contributed by atoms with E-state index in [2.05, 4.69) is 15.9 Å². The second-order valence-electron chi connectivity index (χ2n) is 4.49. The molecule has 0 unspecified atom stereocenters. The third-order valence-corrected chi connectivity index (χ3v) is 3.55. The number of halogens is 2. The quantitative estimate of drug-likeness (QED) is 0.862. The molecule has 2 aromatic carbocycles. The fourth-order valence-corrected chi connectivity index (χ4v) is 2.33. The molecule has 1 atom stereocenters. The topological polar surface area (TPSA) is 29.5 Å². The summed E-state index contributed by atoms with van der Waals surface area (Å²) in [5.74, 6) is 0.281. The molecule has 106 valence electrons. The van der Waals surface area contributed by atoms with Crippen LogP contribution < -0.4 is 4.74 Å². The van der Waals surface area contributed by atoms with Crippen LogP contribution in [0.5, 0.6) is 5.75 Å². The van der Waals surface area contributed by atoms with E-state index in [0.717, 1.165) is 10.0 Å². The van der Waals surface area contributed by atoms with Gasteiger partial charge in [-0.25, -0.2) is 4.39 Å². The van der Waals surface area contributed by atoms with Gasteiger partial charge in [0.2, 0.25) is 0 Å². The lowest BCUT2D eigenvalue weighted by Crippen LogP contribution is -2.03. The summed E-state index contributed by atoms with van der Waals surface area (Å²) in [6.45, 7) is 2.02. The minimum absolute atomic E-state index is 0.124. The van der Waals surface area contributed by atoms with Crippen molar-refractivity contribution in [3.63, 3.8) is 0 Å². The summed E-state index contributed by atoms with van der Waals surface area (Å²) in [5.41, 5.74) is 1.20. The first-order chi connectivity index (χ1) is 9.61. The molecule has 0 aliphatic heterocycles. The number of ether oxygens (including phenoxy) is 1. The van der Waals surface area contributed by atoms with E-state index in [1.54, 1.807) is 18.2 Å². The van der Waals surface area contributed by atoms with Crippen LogP contribution >= 0.6 is 15.9 Å². The Hall–Kier alpha value is -1.39. The van der Waals surface area contributed by atoms with Gasteiger partial charge in [0.25, 0.3) is 0 Å². The Morgan fingerprint density at radius 3 is 2.75 bits per heavy atom. The molecule has 4 heteroatoms. The Labute approximate surface area is 126 Å². The van der Waals surface area contributed by atoms with Crippen LogP contribution in [0.15, 0.2) is 46.9 Å². The Morgan fingerprint density at radius 2 is 2.00 bits per heavy atom. The maximum absolute atomic E-state index is 13.6. The predicted molar refractivity (Wildman–Crippen MR) is 80.1 cm³/mol. The Balaban J connectivity index is 2.17. The predicted octanol–water partition coefficient (Wildman–Crippen LogP) is 4.61. The van der Waals surface area contributed by atoms with Crippen molar-refractivity contribution in [1.82, 2.24) is 0 Å². The molecule has 0 aromatic heterocycles. The summed E-state index contributed by atoms with van der Waals surface area (Å²) >= 11 is 3.31. The van der Waals surface area contributed by atoms with E-state index < -0.39 is 6.10 Å². The van der Waals surface area contributed by atoms with Gasteiger partial charge in [0.05, 0.1) is 6.10 Å². The van der Waals surface area contributed by atoms with E-state index in [0.29, 0.717) is 17.7 Å². The van der Waals surface area contributed by atoms with Crippen LogP contribution in [0.25, 0.3) is 0 Å². The lowest BCUT2D eigenvalue weighted by Gasteiger charge is -2.15. The van der Waals surface area contributed by atoms with Gasteiger partial charge >= 0.3 is 0 Å². The highest BCUT2D eigenvalue weighted by Gasteiger charge is 2.12. The van der Waals surface area contributed by atoms with Crippen molar-refractivity contribution in [2.24, 2.45) is 0 Å². The number of benzene rings is 2. The molecule has 20 heavy (non-hydrogen) atoms. The molecular formula is C16H16BrFO2. The van der Waals surface area contributed by atoms with E-state index in [9.17, 15) is 9.50 Å². The summed E-state index contributed by atoms with van der Waals surface area (Å²) in [5, 5.41) is 9.94. The van der Waals surface area contributed by atoms with Crippen LogP contribution in [0.3, 0.4) is 0 Å². The molecule has 0 bridgehead atoms. The number of aliphatic hydroxyl groups excluding tert-OH is 1. The van der Waals surface area contributed by atoms with Crippen molar-refractivity contribution in [3.05, 3.63) is 63.9 Å². The monoisotopic (exact) mass is 338 g/mol. The maximum Gasteiger partial charge on any atom is 0.129 e. The van der Waals surface area contributed by atoms with Crippen molar-refractivity contribution in [2.45, 2.75) is 26.1 Å². The van der Waals surface area contributed by atoms with Crippen LogP contribution in [0, 0.1) is 5.82 Å². The summed E-state index contributed by atoms with van der Waals surface area (Å²) in [6, 6.07) is 12.0. The number of hydrogen-bond donors (Lipinski definition) is 1. The Kier molecular flexibility index (Phi) is 5.15. The van der Waals surface area contributed by atoms with E-state index >= 15 is 0 Å². The summed E-state index contributed by atoms with van der Waals surface area (Å²) in [6.07, 6.45) is 0.0320. The SMILES string of the molecule is CC[C@@H](O)c1ccccc1OCc1cc(Br)ccc1F. The molecule has 0 saturated heterocycles. The third kappa shape index (κ3) is 3.58.